The summed E-state index contributed by atoms with van der Waals surface area (Å²) in [5, 5.41) is 2.92. The van der Waals surface area contributed by atoms with Crippen molar-refractivity contribution in [3.8, 4) is 0 Å². The quantitative estimate of drug-likeness (QED) is 0.873. The topological polar surface area (TPSA) is 41.6 Å². The number of ether oxygens (including phenoxy) is 1. The van der Waals surface area contributed by atoms with E-state index in [2.05, 4.69) is 5.32 Å². The second-order valence-corrected chi connectivity index (χ2v) is 5.70. The number of nitrogens with one attached hydrogen (secondary N) is 1. The summed E-state index contributed by atoms with van der Waals surface area (Å²) in [6.07, 6.45) is 0. The van der Waals surface area contributed by atoms with Crippen LogP contribution in [0.25, 0.3) is 0 Å². The van der Waals surface area contributed by atoms with E-state index in [1.807, 2.05) is 31.2 Å². The number of methoxy groups -OCH3 is 1. The highest BCUT2D eigenvalue weighted by molar-refractivity contribution is 5.74. The van der Waals surface area contributed by atoms with Gasteiger partial charge in [-0.15, -0.1) is 0 Å². The Balaban J connectivity index is 1.98. The fourth-order valence-electron chi connectivity index (χ4n) is 2.46. The molecular formula is C19H23FN2O2. The van der Waals surface area contributed by atoms with E-state index in [4.69, 9.17) is 4.74 Å². The minimum absolute atomic E-state index is 0.153. The predicted octanol–water partition coefficient (Wildman–Crippen LogP) is 3.87. The van der Waals surface area contributed by atoms with Gasteiger partial charge in [-0.3, -0.25) is 0 Å². The molecule has 0 bridgehead atoms. The van der Waals surface area contributed by atoms with E-state index < -0.39 is 0 Å². The van der Waals surface area contributed by atoms with Crippen molar-refractivity contribution in [2.45, 2.75) is 26.1 Å². The van der Waals surface area contributed by atoms with Gasteiger partial charge in [-0.2, -0.15) is 0 Å². The zero-order valence-electron chi connectivity index (χ0n) is 14.3. The molecule has 1 unspecified atom stereocenters. The first-order valence-corrected chi connectivity index (χ1v) is 7.84. The van der Waals surface area contributed by atoms with Gasteiger partial charge in [0.2, 0.25) is 0 Å². The summed E-state index contributed by atoms with van der Waals surface area (Å²) < 4.78 is 18.2. The van der Waals surface area contributed by atoms with E-state index in [1.54, 1.807) is 31.2 Å². The molecule has 0 heterocycles. The van der Waals surface area contributed by atoms with Crippen molar-refractivity contribution in [1.29, 1.82) is 0 Å². The highest BCUT2D eigenvalue weighted by atomic mass is 19.1. The van der Waals surface area contributed by atoms with Gasteiger partial charge >= 0.3 is 6.03 Å². The molecule has 2 rings (SSSR count). The summed E-state index contributed by atoms with van der Waals surface area (Å²) in [5.74, 6) is -0.284. The van der Waals surface area contributed by atoms with Crippen LogP contribution in [-0.4, -0.2) is 25.1 Å². The van der Waals surface area contributed by atoms with Gasteiger partial charge in [0, 0.05) is 20.7 Å². The number of halogens is 1. The van der Waals surface area contributed by atoms with Gasteiger partial charge in [-0.05, 0) is 35.7 Å². The van der Waals surface area contributed by atoms with E-state index in [-0.39, 0.29) is 17.9 Å². The number of rotatable bonds is 6. The lowest BCUT2D eigenvalue weighted by Gasteiger charge is -2.26. The van der Waals surface area contributed by atoms with E-state index in [1.165, 1.54) is 12.1 Å². The number of carbonyl (C=O) groups excluding carboxylic acids is 1. The predicted molar refractivity (Wildman–Crippen MR) is 92.0 cm³/mol. The molecule has 0 spiro atoms. The Bertz CT molecular complexity index is 673. The van der Waals surface area contributed by atoms with Gasteiger partial charge < -0.3 is 15.0 Å². The smallest absolute Gasteiger partial charge is 0.317 e. The first kappa shape index (κ1) is 17.9. The summed E-state index contributed by atoms with van der Waals surface area (Å²) in [5.41, 5.74) is 2.96. The molecule has 0 aromatic heterocycles. The Hall–Kier alpha value is -2.40. The highest BCUT2D eigenvalue weighted by Crippen LogP contribution is 2.19. The molecule has 24 heavy (non-hydrogen) atoms. The van der Waals surface area contributed by atoms with Gasteiger partial charge in [0.25, 0.3) is 0 Å². The molecule has 2 amide bonds. The van der Waals surface area contributed by atoms with Crippen LogP contribution in [0, 0.1) is 5.82 Å². The van der Waals surface area contributed by atoms with Crippen LogP contribution in [-0.2, 0) is 17.9 Å². The Morgan fingerprint density at radius 2 is 1.79 bits per heavy atom. The molecule has 1 N–H and O–H groups in total. The molecule has 0 fully saturated rings. The maximum atomic E-state index is 13.0. The summed E-state index contributed by atoms with van der Waals surface area (Å²) in [6, 6.07) is 13.7. The Labute approximate surface area is 142 Å². The minimum Gasteiger partial charge on any atom is -0.380 e. The molecule has 2 aromatic rings. The average molecular weight is 330 g/mol. The first-order valence-electron chi connectivity index (χ1n) is 7.84. The molecule has 0 aliphatic rings. The van der Waals surface area contributed by atoms with Gasteiger partial charge in [0.15, 0.2) is 0 Å². The maximum Gasteiger partial charge on any atom is 0.317 e. The maximum absolute atomic E-state index is 13.0. The van der Waals surface area contributed by atoms with E-state index in [9.17, 15) is 9.18 Å². The SMILES string of the molecule is COCc1ccccc1CNC(=O)N(C)C(C)c1ccc(F)cc1. The van der Waals surface area contributed by atoms with Crippen molar-refractivity contribution in [1.82, 2.24) is 10.2 Å². The molecule has 0 saturated carbocycles. The largest absolute Gasteiger partial charge is 0.380 e. The van der Waals surface area contributed by atoms with Crippen LogP contribution in [0.4, 0.5) is 9.18 Å². The monoisotopic (exact) mass is 330 g/mol. The normalized spacial score (nSPS) is 11.8. The van der Waals surface area contributed by atoms with E-state index >= 15 is 0 Å². The molecule has 128 valence electrons. The zero-order valence-corrected chi connectivity index (χ0v) is 14.3. The summed E-state index contributed by atoms with van der Waals surface area (Å²) in [6.45, 7) is 2.85. The van der Waals surface area contributed by atoms with E-state index in [0.29, 0.717) is 13.2 Å². The average Bonchev–Trinajstić information content (AvgIpc) is 2.60. The molecule has 1 atom stereocenters. The molecular weight excluding hydrogens is 307 g/mol. The fourth-order valence-corrected chi connectivity index (χ4v) is 2.46. The highest BCUT2D eigenvalue weighted by Gasteiger charge is 2.17. The number of benzene rings is 2. The van der Waals surface area contributed by atoms with Gasteiger partial charge in [0.1, 0.15) is 5.82 Å². The number of hydrogen-bond acceptors (Lipinski definition) is 2. The lowest BCUT2D eigenvalue weighted by Crippen LogP contribution is -2.38. The Kier molecular flexibility index (Phi) is 6.32. The fraction of sp³-hybridized carbons (Fsp3) is 0.316. The van der Waals surface area contributed by atoms with E-state index in [0.717, 1.165) is 16.7 Å². The van der Waals surface area contributed by atoms with Crippen LogP contribution >= 0.6 is 0 Å². The van der Waals surface area contributed by atoms with Crippen LogP contribution < -0.4 is 5.32 Å². The Morgan fingerprint density at radius 3 is 2.42 bits per heavy atom. The first-order chi connectivity index (χ1) is 11.5. The molecule has 0 radical (unpaired) electrons. The molecule has 0 saturated heterocycles. The molecule has 4 nitrogen and oxygen atoms in total. The number of amides is 2. The molecule has 0 aliphatic carbocycles. The molecule has 0 aliphatic heterocycles. The second kappa shape index (κ2) is 8.45. The molecule has 5 heteroatoms. The van der Waals surface area contributed by atoms with Gasteiger partial charge in [-0.25, -0.2) is 9.18 Å². The van der Waals surface area contributed by atoms with Crippen molar-refractivity contribution < 1.29 is 13.9 Å². The van der Waals surface area contributed by atoms with Crippen LogP contribution in [0.1, 0.15) is 29.7 Å². The van der Waals surface area contributed by atoms with Crippen molar-refractivity contribution in [3.05, 3.63) is 71.0 Å². The number of urea groups is 1. The summed E-state index contributed by atoms with van der Waals surface area (Å²) >= 11 is 0. The van der Waals surface area contributed by atoms with Crippen molar-refractivity contribution >= 4 is 6.03 Å². The van der Waals surface area contributed by atoms with Crippen LogP contribution in [0.5, 0.6) is 0 Å². The summed E-state index contributed by atoms with van der Waals surface area (Å²) in [4.78, 5) is 14.0. The molecule has 2 aromatic carbocycles. The third kappa shape index (κ3) is 4.55. The standard InChI is InChI=1S/C19H23FN2O2/c1-14(15-8-10-18(20)11-9-15)22(2)19(23)21-12-16-6-4-5-7-17(16)13-24-3/h4-11,14H,12-13H2,1-3H3,(H,21,23). The van der Waals surface area contributed by atoms with Gasteiger partial charge in [0.05, 0.1) is 12.6 Å². The van der Waals surface area contributed by atoms with Crippen molar-refractivity contribution in [3.63, 3.8) is 0 Å². The van der Waals surface area contributed by atoms with Crippen LogP contribution in [0.2, 0.25) is 0 Å². The zero-order chi connectivity index (χ0) is 17.5. The third-order valence-corrected chi connectivity index (χ3v) is 4.10. The van der Waals surface area contributed by atoms with Crippen LogP contribution in [0.15, 0.2) is 48.5 Å². The summed E-state index contributed by atoms with van der Waals surface area (Å²) in [7, 11) is 3.37. The number of carbonyl (C=O) groups is 1. The minimum atomic E-state index is -0.284. The lowest BCUT2D eigenvalue weighted by molar-refractivity contribution is 0.183. The number of nitrogens with zero attached hydrogens (tertiary/aromatic N) is 1. The van der Waals surface area contributed by atoms with Gasteiger partial charge in [-0.1, -0.05) is 36.4 Å². The van der Waals surface area contributed by atoms with Crippen molar-refractivity contribution in [2.24, 2.45) is 0 Å². The third-order valence-electron chi connectivity index (χ3n) is 4.10. The van der Waals surface area contributed by atoms with Crippen LogP contribution in [0.3, 0.4) is 0 Å². The number of hydrogen-bond donors (Lipinski definition) is 1. The van der Waals surface area contributed by atoms with Crippen molar-refractivity contribution in [2.75, 3.05) is 14.2 Å². The lowest BCUT2D eigenvalue weighted by atomic mass is 10.1. The Morgan fingerprint density at radius 1 is 1.17 bits per heavy atom. The second-order valence-electron chi connectivity index (χ2n) is 5.70.